The zero-order valence-corrected chi connectivity index (χ0v) is 15.0. The van der Waals surface area contributed by atoms with Gasteiger partial charge < -0.3 is 14.8 Å². The second-order valence-corrected chi connectivity index (χ2v) is 7.08. The van der Waals surface area contributed by atoms with Crippen LogP contribution < -0.4 is 5.32 Å². The van der Waals surface area contributed by atoms with Gasteiger partial charge in [-0.2, -0.15) is 0 Å². The van der Waals surface area contributed by atoms with Crippen LogP contribution in [0.1, 0.15) is 60.3 Å². The largest absolute Gasteiger partial charge is 0.444 e. The predicted molar refractivity (Wildman–Crippen MR) is 89.2 cm³/mol. The molecule has 0 spiro atoms. The molecule has 0 bridgehead atoms. The van der Waals surface area contributed by atoms with Crippen LogP contribution >= 0.6 is 0 Å². The third kappa shape index (κ3) is 6.97. The molecular weight excluding hydrogens is 280 g/mol. The van der Waals surface area contributed by atoms with Crippen molar-refractivity contribution in [1.29, 1.82) is 0 Å². The fraction of sp³-hybridized carbons (Fsp3) is 0.941. The summed E-state index contributed by atoms with van der Waals surface area (Å²) in [5, 5.41) is 3.61. The van der Waals surface area contributed by atoms with Crippen LogP contribution in [-0.2, 0) is 9.47 Å². The molecule has 0 aliphatic carbocycles. The average molecular weight is 314 g/mol. The standard InChI is InChI=1S/C17H34N2O3/c1-6-8-14(9-7-2)18-12-15-13-21-11-10-19(15)16(20)22-17(3,4)5/h14-15,18H,6-13H2,1-5H3. The van der Waals surface area contributed by atoms with E-state index in [4.69, 9.17) is 9.47 Å². The summed E-state index contributed by atoms with van der Waals surface area (Å²) in [5.74, 6) is 0. The second kappa shape index (κ2) is 9.36. The van der Waals surface area contributed by atoms with Gasteiger partial charge in [-0.05, 0) is 33.6 Å². The summed E-state index contributed by atoms with van der Waals surface area (Å²) in [7, 11) is 0. The highest BCUT2D eigenvalue weighted by atomic mass is 16.6. The van der Waals surface area contributed by atoms with Gasteiger partial charge in [0.05, 0.1) is 19.3 Å². The molecule has 1 fully saturated rings. The van der Waals surface area contributed by atoms with Gasteiger partial charge in [0.15, 0.2) is 0 Å². The molecule has 1 N–H and O–H groups in total. The van der Waals surface area contributed by atoms with Crippen LogP contribution in [0.2, 0.25) is 0 Å². The van der Waals surface area contributed by atoms with Crippen LogP contribution in [0.4, 0.5) is 4.79 Å². The molecule has 1 aliphatic rings. The first-order valence-electron chi connectivity index (χ1n) is 8.68. The molecule has 1 rings (SSSR count). The minimum Gasteiger partial charge on any atom is -0.444 e. The molecule has 5 nitrogen and oxygen atoms in total. The van der Waals surface area contributed by atoms with Gasteiger partial charge in [0.1, 0.15) is 5.60 Å². The Hall–Kier alpha value is -0.810. The van der Waals surface area contributed by atoms with E-state index in [-0.39, 0.29) is 12.1 Å². The number of nitrogens with zero attached hydrogens (tertiary/aromatic N) is 1. The lowest BCUT2D eigenvalue weighted by molar-refractivity contribution is -0.0323. The predicted octanol–water partition coefficient (Wildman–Crippen LogP) is 3.18. The summed E-state index contributed by atoms with van der Waals surface area (Å²) in [4.78, 5) is 14.2. The topological polar surface area (TPSA) is 50.8 Å². The molecule has 0 saturated carbocycles. The van der Waals surface area contributed by atoms with Gasteiger partial charge in [-0.15, -0.1) is 0 Å². The van der Waals surface area contributed by atoms with Crippen molar-refractivity contribution in [1.82, 2.24) is 10.2 Å². The van der Waals surface area contributed by atoms with E-state index in [1.165, 1.54) is 25.7 Å². The summed E-state index contributed by atoms with van der Waals surface area (Å²) in [6.45, 7) is 12.7. The van der Waals surface area contributed by atoms with Gasteiger partial charge in [0.25, 0.3) is 0 Å². The molecule has 130 valence electrons. The molecule has 0 radical (unpaired) electrons. The van der Waals surface area contributed by atoms with Gasteiger partial charge in [-0.1, -0.05) is 26.7 Å². The zero-order valence-electron chi connectivity index (χ0n) is 15.0. The Labute approximate surface area is 135 Å². The van der Waals surface area contributed by atoms with Gasteiger partial charge in [-0.3, -0.25) is 4.90 Å². The number of ether oxygens (including phenoxy) is 2. The van der Waals surface area contributed by atoms with Gasteiger partial charge in [0, 0.05) is 19.1 Å². The molecule has 0 aromatic carbocycles. The average Bonchev–Trinajstić information content (AvgIpc) is 2.44. The van der Waals surface area contributed by atoms with E-state index in [1.807, 2.05) is 25.7 Å². The third-order valence-corrected chi connectivity index (χ3v) is 3.77. The lowest BCUT2D eigenvalue weighted by Gasteiger charge is -2.37. The minimum absolute atomic E-state index is 0.0554. The molecule has 1 atom stereocenters. The number of carbonyl (C=O) groups excluding carboxylic acids is 1. The van der Waals surface area contributed by atoms with Crippen molar-refractivity contribution in [3.63, 3.8) is 0 Å². The van der Waals surface area contributed by atoms with E-state index in [2.05, 4.69) is 19.2 Å². The van der Waals surface area contributed by atoms with E-state index in [0.29, 0.717) is 25.8 Å². The van der Waals surface area contributed by atoms with Gasteiger partial charge in [-0.25, -0.2) is 4.79 Å². The quantitative estimate of drug-likeness (QED) is 0.784. The van der Waals surface area contributed by atoms with Crippen molar-refractivity contribution in [2.45, 2.75) is 78.0 Å². The molecule has 1 heterocycles. The van der Waals surface area contributed by atoms with Crippen molar-refractivity contribution < 1.29 is 14.3 Å². The van der Waals surface area contributed by atoms with Crippen molar-refractivity contribution in [2.75, 3.05) is 26.3 Å². The number of morpholine rings is 1. The SMILES string of the molecule is CCCC(CCC)NCC1COCCN1C(=O)OC(C)(C)C. The molecular formula is C17H34N2O3. The summed E-state index contributed by atoms with van der Waals surface area (Å²) < 4.78 is 11.1. The van der Waals surface area contributed by atoms with Crippen LogP contribution in [-0.4, -0.2) is 55.0 Å². The number of nitrogens with one attached hydrogen (secondary N) is 1. The highest BCUT2D eigenvalue weighted by Gasteiger charge is 2.31. The molecule has 1 saturated heterocycles. The fourth-order valence-electron chi connectivity index (χ4n) is 2.73. The van der Waals surface area contributed by atoms with E-state index < -0.39 is 5.60 Å². The van der Waals surface area contributed by atoms with Crippen molar-refractivity contribution in [2.24, 2.45) is 0 Å². The highest BCUT2D eigenvalue weighted by Crippen LogP contribution is 2.15. The summed E-state index contributed by atoms with van der Waals surface area (Å²) in [6.07, 6.45) is 4.47. The van der Waals surface area contributed by atoms with Gasteiger partial charge in [0.2, 0.25) is 0 Å². The number of amides is 1. The normalized spacial score (nSPS) is 19.5. The van der Waals surface area contributed by atoms with Crippen molar-refractivity contribution >= 4 is 6.09 Å². The Kier molecular flexibility index (Phi) is 8.18. The molecule has 1 amide bonds. The summed E-state index contributed by atoms with van der Waals surface area (Å²) in [6, 6.07) is 0.581. The number of hydrogen-bond donors (Lipinski definition) is 1. The first-order chi connectivity index (χ1) is 10.4. The Morgan fingerprint density at radius 1 is 1.32 bits per heavy atom. The van der Waals surface area contributed by atoms with E-state index in [9.17, 15) is 4.79 Å². The van der Waals surface area contributed by atoms with E-state index in [1.54, 1.807) is 0 Å². The smallest absolute Gasteiger partial charge is 0.410 e. The molecule has 5 heteroatoms. The maximum Gasteiger partial charge on any atom is 0.410 e. The van der Waals surface area contributed by atoms with Crippen LogP contribution in [0.25, 0.3) is 0 Å². The molecule has 0 aromatic rings. The number of rotatable bonds is 7. The fourth-order valence-corrected chi connectivity index (χ4v) is 2.73. The lowest BCUT2D eigenvalue weighted by Crippen LogP contribution is -2.55. The monoisotopic (exact) mass is 314 g/mol. The number of carbonyl (C=O) groups is 1. The van der Waals surface area contributed by atoms with E-state index in [0.717, 1.165) is 6.54 Å². The molecule has 22 heavy (non-hydrogen) atoms. The Morgan fingerprint density at radius 3 is 2.50 bits per heavy atom. The third-order valence-electron chi connectivity index (χ3n) is 3.77. The highest BCUT2D eigenvalue weighted by molar-refractivity contribution is 5.68. The molecule has 1 aliphatic heterocycles. The maximum atomic E-state index is 12.3. The zero-order chi connectivity index (χ0) is 16.6. The first-order valence-corrected chi connectivity index (χ1v) is 8.68. The molecule has 0 aromatic heterocycles. The van der Waals surface area contributed by atoms with Gasteiger partial charge >= 0.3 is 6.09 Å². The van der Waals surface area contributed by atoms with Crippen LogP contribution in [0.5, 0.6) is 0 Å². The van der Waals surface area contributed by atoms with Crippen LogP contribution in [0.15, 0.2) is 0 Å². The summed E-state index contributed by atoms with van der Waals surface area (Å²) >= 11 is 0. The Morgan fingerprint density at radius 2 is 1.95 bits per heavy atom. The van der Waals surface area contributed by atoms with Crippen LogP contribution in [0, 0.1) is 0 Å². The van der Waals surface area contributed by atoms with E-state index >= 15 is 0 Å². The molecule has 1 unspecified atom stereocenters. The Balaban J connectivity index is 2.55. The summed E-state index contributed by atoms with van der Waals surface area (Å²) in [5.41, 5.74) is -0.458. The number of hydrogen-bond acceptors (Lipinski definition) is 4. The van der Waals surface area contributed by atoms with Crippen molar-refractivity contribution in [3.05, 3.63) is 0 Å². The Bertz CT molecular complexity index is 322. The van der Waals surface area contributed by atoms with Crippen molar-refractivity contribution in [3.8, 4) is 0 Å². The lowest BCUT2D eigenvalue weighted by atomic mass is 10.1. The second-order valence-electron chi connectivity index (χ2n) is 7.08. The van der Waals surface area contributed by atoms with Crippen LogP contribution in [0.3, 0.4) is 0 Å². The first kappa shape index (κ1) is 19.2. The maximum absolute atomic E-state index is 12.3. The minimum atomic E-state index is -0.458.